The number of aliphatic hydroxyl groups is 2. The number of allylic oxidation sites excluding steroid dienone is 1. The van der Waals surface area contributed by atoms with Crippen molar-refractivity contribution in [2.45, 2.75) is 316 Å². The molecule has 0 spiro atoms. The first kappa shape index (κ1) is 67.3. The molecule has 0 aliphatic rings. The van der Waals surface area contributed by atoms with Gasteiger partial charge in [-0.25, -0.2) is 0 Å². The average Bonchev–Trinajstić information content (AvgIpc) is 3.34. The summed E-state index contributed by atoms with van der Waals surface area (Å²) in [5, 5.41) is 20.3. The Kier molecular flexibility index (Phi) is 52.7. The summed E-state index contributed by atoms with van der Waals surface area (Å²) in [6, 6.07) is 10.4. The molecule has 0 aliphatic heterocycles. The van der Waals surface area contributed by atoms with Gasteiger partial charge in [0.2, 0.25) is 0 Å². The Hall–Kier alpha value is -1.73. The lowest BCUT2D eigenvalue weighted by Gasteiger charge is -2.23. The number of hydrogen-bond acceptors (Lipinski definition) is 6. The first-order valence-corrected chi connectivity index (χ1v) is 30.3. The summed E-state index contributed by atoms with van der Waals surface area (Å²) >= 11 is 0. The molecule has 1 atom stereocenters. The Labute approximate surface area is 430 Å². The van der Waals surface area contributed by atoms with E-state index in [0.29, 0.717) is 6.42 Å². The third kappa shape index (κ3) is 51.0. The quantitative estimate of drug-likeness (QED) is 0.0385. The Morgan fingerprint density at radius 2 is 0.986 bits per heavy atom. The van der Waals surface area contributed by atoms with Crippen LogP contribution in [-0.2, 0) is 20.9 Å². The van der Waals surface area contributed by atoms with Crippen LogP contribution < -0.4 is 0 Å². The maximum Gasteiger partial charge on any atom is 0.306 e. The number of unbranched alkanes of at least 4 members (excludes halogenated alkanes) is 31. The number of carbonyl (C=O) groups is 1. The second-order valence-corrected chi connectivity index (χ2v) is 21.3. The normalized spacial score (nSPS) is 12.3. The Bertz CT molecular complexity index is 1140. The number of hydrogen-bond donors (Lipinski definition) is 2. The maximum atomic E-state index is 12.7. The lowest BCUT2D eigenvalue weighted by atomic mass is 9.91. The van der Waals surface area contributed by atoms with E-state index in [1.165, 1.54) is 224 Å². The molecule has 6 heteroatoms. The molecule has 0 aromatic heterocycles. The molecule has 0 heterocycles. The van der Waals surface area contributed by atoms with Crippen LogP contribution in [0.1, 0.15) is 303 Å². The van der Waals surface area contributed by atoms with Crippen molar-refractivity contribution in [2.24, 2.45) is 0 Å². The lowest BCUT2D eigenvalue weighted by Crippen LogP contribution is -2.29. The van der Waals surface area contributed by atoms with Gasteiger partial charge in [0, 0.05) is 19.6 Å². The van der Waals surface area contributed by atoms with Gasteiger partial charge in [0.1, 0.15) is 6.10 Å². The molecule has 1 aromatic rings. The topological polar surface area (TPSA) is 79.2 Å². The van der Waals surface area contributed by atoms with E-state index >= 15 is 0 Å². The highest BCUT2D eigenvalue weighted by Crippen LogP contribution is 2.23. The largest absolute Gasteiger partial charge is 0.462 e. The highest BCUT2D eigenvalue weighted by Gasteiger charge is 2.19. The molecule has 0 radical (unpaired) electrons. The van der Waals surface area contributed by atoms with Crippen LogP contribution in [0.15, 0.2) is 43.0 Å². The van der Waals surface area contributed by atoms with E-state index in [0.717, 1.165) is 77.8 Å². The molecule has 69 heavy (non-hydrogen) atoms. The third-order valence-electron chi connectivity index (χ3n) is 14.1. The number of rotatable bonds is 53. The summed E-state index contributed by atoms with van der Waals surface area (Å²) in [7, 11) is 0. The van der Waals surface area contributed by atoms with E-state index in [-0.39, 0.29) is 18.7 Å². The van der Waals surface area contributed by atoms with Gasteiger partial charge < -0.3 is 24.6 Å². The third-order valence-corrected chi connectivity index (χ3v) is 14.1. The van der Waals surface area contributed by atoms with Gasteiger partial charge in [-0.3, -0.25) is 4.79 Å². The van der Waals surface area contributed by atoms with Crippen molar-refractivity contribution in [3.05, 3.63) is 48.6 Å². The van der Waals surface area contributed by atoms with Crippen molar-refractivity contribution >= 4 is 5.97 Å². The Morgan fingerprint density at radius 1 is 0.565 bits per heavy atom. The van der Waals surface area contributed by atoms with Crippen LogP contribution in [0.2, 0.25) is 0 Å². The van der Waals surface area contributed by atoms with Crippen molar-refractivity contribution in [3.8, 4) is 0 Å². The monoisotopic (exact) mass is 970 g/mol. The molecule has 0 aliphatic carbocycles. The highest BCUT2D eigenvalue weighted by atomic mass is 16.5. The molecule has 6 nitrogen and oxygen atoms in total. The first-order chi connectivity index (χ1) is 33.8. The summed E-state index contributed by atoms with van der Waals surface area (Å²) in [6.07, 6.45) is 53.2. The van der Waals surface area contributed by atoms with E-state index in [4.69, 9.17) is 9.47 Å². The minimum Gasteiger partial charge on any atom is -0.462 e. The molecule has 1 aromatic carbocycles. The van der Waals surface area contributed by atoms with Crippen LogP contribution in [-0.4, -0.2) is 65.6 Å². The van der Waals surface area contributed by atoms with E-state index in [1.54, 1.807) is 0 Å². The molecule has 1 unspecified atom stereocenters. The SMILES string of the molecule is C=CCCCCCCCCOCc1ccccc1.CCCCCCCCCC(C)(O)CCCCCCCCN(CCO)CCCCCCCC(=O)OC(CCCCCCCC)CCCCCCCC. The van der Waals surface area contributed by atoms with Crippen molar-refractivity contribution in [3.63, 3.8) is 0 Å². The number of esters is 1. The van der Waals surface area contributed by atoms with Crippen molar-refractivity contribution in [1.82, 2.24) is 4.90 Å². The minimum atomic E-state index is -0.483. The fraction of sp³-hybridized carbons (Fsp3) is 0.857. The molecule has 1 rings (SSSR count). The summed E-state index contributed by atoms with van der Waals surface area (Å²) < 4.78 is 11.7. The highest BCUT2D eigenvalue weighted by molar-refractivity contribution is 5.69. The van der Waals surface area contributed by atoms with E-state index < -0.39 is 5.60 Å². The zero-order valence-corrected chi connectivity index (χ0v) is 46.8. The van der Waals surface area contributed by atoms with Gasteiger partial charge in [0.05, 0.1) is 18.8 Å². The Morgan fingerprint density at radius 3 is 1.46 bits per heavy atom. The summed E-state index contributed by atoms with van der Waals surface area (Å²) in [5.41, 5.74) is 0.783. The molecule has 0 saturated heterocycles. The van der Waals surface area contributed by atoms with Crippen LogP contribution in [0.5, 0.6) is 0 Å². The van der Waals surface area contributed by atoms with Crippen molar-refractivity contribution < 1.29 is 24.5 Å². The van der Waals surface area contributed by atoms with Crippen LogP contribution in [0.25, 0.3) is 0 Å². The van der Waals surface area contributed by atoms with Crippen LogP contribution in [0.3, 0.4) is 0 Å². The van der Waals surface area contributed by atoms with Crippen molar-refractivity contribution in [2.75, 3.05) is 32.8 Å². The molecule has 0 fully saturated rings. The fourth-order valence-corrected chi connectivity index (χ4v) is 9.52. The van der Waals surface area contributed by atoms with Gasteiger partial charge in [-0.2, -0.15) is 0 Å². The van der Waals surface area contributed by atoms with E-state index in [9.17, 15) is 15.0 Å². The average molecular weight is 971 g/mol. The van der Waals surface area contributed by atoms with Gasteiger partial charge in [-0.1, -0.05) is 243 Å². The smallest absolute Gasteiger partial charge is 0.306 e. The lowest BCUT2D eigenvalue weighted by molar-refractivity contribution is -0.150. The van der Waals surface area contributed by atoms with Gasteiger partial charge in [0.15, 0.2) is 0 Å². The second-order valence-electron chi connectivity index (χ2n) is 21.3. The number of benzene rings is 1. The maximum absolute atomic E-state index is 12.7. The molecule has 0 amide bonds. The van der Waals surface area contributed by atoms with Gasteiger partial charge >= 0.3 is 5.97 Å². The van der Waals surface area contributed by atoms with Gasteiger partial charge in [0.25, 0.3) is 0 Å². The standard InChI is InChI=1S/C46H93NO4.C17H26O/c1-5-8-11-14-17-24-31-38-46(4,50)39-32-25-18-19-26-33-40-47(42-43-48)41-34-27-20-23-30-37-45(49)51-44(35-28-21-15-12-9-6-2)36-29-22-16-13-10-7-3;1-2-3-4-5-6-7-8-12-15-18-16-17-13-10-9-11-14-17/h44,48,50H,5-43H2,1-4H3;2,9-11,13-14H,1,3-8,12,15-16H2. The predicted molar refractivity (Wildman–Crippen MR) is 301 cm³/mol. The zero-order valence-electron chi connectivity index (χ0n) is 46.8. The van der Waals surface area contributed by atoms with Crippen LogP contribution >= 0.6 is 0 Å². The van der Waals surface area contributed by atoms with Gasteiger partial charge in [-0.05, 0) is 103 Å². The summed E-state index contributed by atoms with van der Waals surface area (Å²) in [5.74, 6) is 0.0248. The van der Waals surface area contributed by atoms with Crippen LogP contribution in [0.4, 0.5) is 0 Å². The minimum absolute atomic E-state index is 0.0248. The van der Waals surface area contributed by atoms with E-state index in [1.807, 2.05) is 19.1 Å². The summed E-state index contributed by atoms with van der Waals surface area (Å²) in [6.45, 7) is 17.4. The molecular formula is C63H119NO5. The number of carbonyl (C=O) groups excluding carboxylic acids is 1. The van der Waals surface area contributed by atoms with Gasteiger partial charge in [-0.15, -0.1) is 6.58 Å². The molecular weight excluding hydrogens is 851 g/mol. The molecule has 0 bridgehead atoms. The Balaban J connectivity index is 0.00000213. The number of nitrogens with zero attached hydrogens (tertiary/aromatic N) is 1. The van der Waals surface area contributed by atoms with Crippen LogP contribution in [0, 0.1) is 0 Å². The second kappa shape index (κ2) is 54.1. The first-order valence-electron chi connectivity index (χ1n) is 30.3. The van der Waals surface area contributed by atoms with Crippen molar-refractivity contribution in [1.29, 1.82) is 0 Å². The fourth-order valence-electron chi connectivity index (χ4n) is 9.52. The number of aliphatic hydroxyl groups excluding tert-OH is 1. The predicted octanol–water partition coefficient (Wildman–Crippen LogP) is 18.8. The molecule has 2 N–H and O–H groups in total. The molecule has 0 saturated carbocycles. The summed E-state index contributed by atoms with van der Waals surface area (Å²) in [4.78, 5) is 15.1. The van der Waals surface area contributed by atoms with E-state index in [2.05, 4.69) is 56.5 Å². The number of ether oxygens (including phenoxy) is 2. The zero-order chi connectivity index (χ0) is 50.4. The molecule has 406 valence electrons.